The van der Waals surface area contributed by atoms with Crippen molar-refractivity contribution in [3.05, 3.63) is 70.8 Å². The van der Waals surface area contributed by atoms with Crippen molar-refractivity contribution in [2.75, 3.05) is 23.7 Å². The Balaban J connectivity index is 1.23. The van der Waals surface area contributed by atoms with E-state index in [-0.39, 0.29) is 12.5 Å². The second kappa shape index (κ2) is 9.08. The van der Waals surface area contributed by atoms with Crippen molar-refractivity contribution >= 4 is 34.5 Å². The number of anilines is 3. The summed E-state index contributed by atoms with van der Waals surface area (Å²) in [6.45, 7) is 2.69. The summed E-state index contributed by atoms with van der Waals surface area (Å²) in [5.74, 6) is 1.01. The van der Waals surface area contributed by atoms with Crippen molar-refractivity contribution in [2.24, 2.45) is 0 Å². The number of hydrogen-bond acceptors (Lipinski definition) is 8. The van der Waals surface area contributed by atoms with Crippen LogP contribution >= 0.6 is 0 Å². The van der Waals surface area contributed by atoms with Crippen LogP contribution in [-0.2, 0) is 11.3 Å². The molecule has 0 saturated carbocycles. The Hall–Kier alpha value is -4.21. The third kappa shape index (κ3) is 5.04. The molecule has 0 bridgehead atoms. The maximum absolute atomic E-state index is 12.2. The molecule has 0 saturated heterocycles. The minimum Gasteiger partial charge on any atom is -0.408 e. The summed E-state index contributed by atoms with van der Waals surface area (Å²) in [5.41, 5.74) is 2.14. The van der Waals surface area contributed by atoms with Gasteiger partial charge in [0.2, 0.25) is 5.91 Å². The number of aryl methyl sites for hydroxylation is 1. The quantitative estimate of drug-likeness (QED) is 0.371. The van der Waals surface area contributed by atoms with Crippen molar-refractivity contribution in [1.82, 2.24) is 25.1 Å². The van der Waals surface area contributed by atoms with Crippen LogP contribution in [0.1, 0.15) is 5.56 Å². The van der Waals surface area contributed by atoms with Gasteiger partial charge in [-0.2, -0.15) is 0 Å². The van der Waals surface area contributed by atoms with Gasteiger partial charge in [-0.05, 0) is 48.9 Å². The van der Waals surface area contributed by atoms with Crippen LogP contribution in [0.25, 0.3) is 11.1 Å². The molecule has 1 aromatic carbocycles. The van der Waals surface area contributed by atoms with Crippen LogP contribution in [0.4, 0.5) is 17.5 Å². The lowest BCUT2D eigenvalue weighted by atomic mass is 10.3. The zero-order chi connectivity index (χ0) is 21.6. The number of oxazole rings is 1. The minimum atomic E-state index is -0.556. The minimum absolute atomic E-state index is 0.108. The van der Waals surface area contributed by atoms with Gasteiger partial charge in [-0.1, -0.05) is 12.1 Å². The Morgan fingerprint density at radius 2 is 1.84 bits per heavy atom. The van der Waals surface area contributed by atoms with Gasteiger partial charge in [-0.15, -0.1) is 10.2 Å². The van der Waals surface area contributed by atoms with Gasteiger partial charge in [-0.25, -0.2) is 9.78 Å². The predicted molar refractivity (Wildman–Crippen MR) is 116 cm³/mol. The van der Waals surface area contributed by atoms with E-state index in [0.29, 0.717) is 41.6 Å². The van der Waals surface area contributed by atoms with Crippen molar-refractivity contribution in [2.45, 2.75) is 13.5 Å². The first kappa shape index (κ1) is 20.1. The lowest BCUT2D eigenvalue weighted by Gasteiger charge is -2.08. The highest BCUT2D eigenvalue weighted by Crippen LogP contribution is 2.13. The third-order valence-corrected chi connectivity index (χ3v) is 4.46. The molecule has 0 radical (unpaired) electrons. The normalized spacial score (nSPS) is 10.7. The third-order valence-electron chi connectivity index (χ3n) is 4.46. The molecule has 158 valence electrons. The fourth-order valence-electron chi connectivity index (χ4n) is 2.98. The maximum atomic E-state index is 12.2. The van der Waals surface area contributed by atoms with Crippen LogP contribution in [-0.4, -0.2) is 38.7 Å². The molecule has 4 aromatic rings. The molecule has 31 heavy (non-hydrogen) atoms. The van der Waals surface area contributed by atoms with Crippen LogP contribution in [0.3, 0.4) is 0 Å². The first-order valence-electron chi connectivity index (χ1n) is 9.71. The lowest BCUT2D eigenvalue weighted by Crippen LogP contribution is -2.33. The average molecular weight is 419 g/mol. The number of aromatic nitrogens is 4. The summed E-state index contributed by atoms with van der Waals surface area (Å²) in [5, 5.41) is 17.1. The largest absolute Gasteiger partial charge is 0.420 e. The molecule has 0 aliphatic rings. The average Bonchev–Trinajstić information content (AvgIpc) is 3.07. The molecule has 0 unspecified atom stereocenters. The Labute approximate surface area is 177 Å². The molecule has 3 aromatic heterocycles. The van der Waals surface area contributed by atoms with E-state index in [4.69, 9.17) is 4.42 Å². The fraction of sp³-hybridized carbons (Fsp3) is 0.190. The molecular weight excluding hydrogens is 398 g/mol. The maximum Gasteiger partial charge on any atom is 0.420 e. The van der Waals surface area contributed by atoms with E-state index in [0.717, 1.165) is 5.56 Å². The molecule has 10 heteroatoms. The zero-order valence-corrected chi connectivity index (χ0v) is 16.8. The number of carbonyl (C=O) groups is 1. The number of nitrogens with one attached hydrogen (secondary N) is 3. The monoisotopic (exact) mass is 419 g/mol. The highest BCUT2D eigenvalue weighted by Gasteiger charge is 2.11. The van der Waals surface area contributed by atoms with Gasteiger partial charge in [0.15, 0.2) is 11.4 Å². The van der Waals surface area contributed by atoms with Crippen molar-refractivity contribution in [3.8, 4) is 0 Å². The van der Waals surface area contributed by atoms with Gasteiger partial charge < -0.3 is 20.4 Å². The first-order valence-corrected chi connectivity index (χ1v) is 9.71. The molecule has 0 fully saturated rings. The van der Waals surface area contributed by atoms with Crippen molar-refractivity contribution in [3.63, 3.8) is 0 Å². The highest BCUT2D eigenvalue weighted by molar-refractivity contribution is 5.79. The number of pyridine rings is 1. The molecule has 4 rings (SSSR count). The first-order chi connectivity index (χ1) is 15.1. The number of para-hydroxylation sites is 2. The van der Waals surface area contributed by atoms with Gasteiger partial charge in [0, 0.05) is 19.3 Å². The van der Waals surface area contributed by atoms with Gasteiger partial charge in [0.25, 0.3) is 0 Å². The van der Waals surface area contributed by atoms with E-state index in [1.54, 1.807) is 42.6 Å². The Kier molecular flexibility index (Phi) is 5.88. The molecular formula is C21H21N7O3. The zero-order valence-electron chi connectivity index (χ0n) is 16.8. The van der Waals surface area contributed by atoms with E-state index in [2.05, 4.69) is 31.1 Å². The van der Waals surface area contributed by atoms with Crippen LogP contribution in [0.5, 0.6) is 0 Å². The summed E-state index contributed by atoms with van der Waals surface area (Å²) >= 11 is 0. The van der Waals surface area contributed by atoms with E-state index < -0.39 is 5.76 Å². The summed E-state index contributed by atoms with van der Waals surface area (Å²) in [6.07, 6.45) is 1.72. The summed E-state index contributed by atoms with van der Waals surface area (Å²) in [7, 11) is 0. The molecule has 0 aliphatic heterocycles. The summed E-state index contributed by atoms with van der Waals surface area (Å²) in [6, 6.07) is 14.4. The van der Waals surface area contributed by atoms with Crippen LogP contribution in [0.2, 0.25) is 0 Å². The van der Waals surface area contributed by atoms with Gasteiger partial charge >= 0.3 is 5.76 Å². The van der Waals surface area contributed by atoms with E-state index in [9.17, 15) is 9.59 Å². The van der Waals surface area contributed by atoms with Gasteiger partial charge in [0.1, 0.15) is 18.2 Å². The standard InChI is InChI=1S/C21H21N7O3/c1-14-8-9-22-19(12-14)25-18-7-6-17(26-27-18)23-10-11-24-20(29)13-28-15-4-2-3-5-16(15)31-21(28)30/h2-9,12H,10-11,13H2,1H3,(H,23,26)(H,24,29)(H,22,25,27). The number of benzene rings is 1. The second-order valence-corrected chi connectivity index (χ2v) is 6.85. The number of hydrogen-bond donors (Lipinski definition) is 3. The van der Waals surface area contributed by atoms with E-state index in [1.807, 2.05) is 19.1 Å². The molecule has 3 N–H and O–H groups in total. The lowest BCUT2D eigenvalue weighted by molar-refractivity contribution is -0.121. The SMILES string of the molecule is Cc1ccnc(Nc2ccc(NCCNC(=O)Cn3c(=O)oc4ccccc43)nn2)c1. The van der Waals surface area contributed by atoms with Crippen LogP contribution in [0.15, 0.2) is 63.9 Å². The number of amides is 1. The number of rotatable bonds is 8. The summed E-state index contributed by atoms with van der Waals surface area (Å²) < 4.78 is 6.43. The molecule has 10 nitrogen and oxygen atoms in total. The van der Waals surface area contributed by atoms with Crippen molar-refractivity contribution < 1.29 is 9.21 Å². The summed E-state index contributed by atoms with van der Waals surface area (Å²) in [4.78, 5) is 28.3. The Bertz CT molecular complexity index is 1250. The van der Waals surface area contributed by atoms with Crippen LogP contribution < -0.4 is 21.7 Å². The van der Waals surface area contributed by atoms with Gasteiger partial charge in [-0.3, -0.25) is 9.36 Å². The Morgan fingerprint density at radius 1 is 1.03 bits per heavy atom. The number of nitrogens with zero attached hydrogens (tertiary/aromatic N) is 4. The fourth-order valence-corrected chi connectivity index (χ4v) is 2.98. The van der Waals surface area contributed by atoms with Crippen LogP contribution in [0, 0.1) is 6.92 Å². The smallest absolute Gasteiger partial charge is 0.408 e. The van der Waals surface area contributed by atoms with E-state index >= 15 is 0 Å². The number of fused-ring (bicyclic) bond motifs is 1. The number of carbonyl (C=O) groups excluding carboxylic acids is 1. The molecule has 0 aliphatic carbocycles. The molecule has 0 spiro atoms. The van der Waals surface area contributed by atoms with E-state index in [1.165, 1.54) is 4.57 Å². The topological polar surface area (TPSA) is 127 Å². The molecule has 3 heterocycles. The predicted octanol–water partition coefficient (Wildman–Crippen LogP) is 2.06. The molecule has 1 amide bonds. The highest BCUT2D eigenvalue weighted by atomic mass is 16.4. The molecule has 0 atom stereocenters. The second-order valence-electron chi connectivity index (χ2n) is 6.85. The van der Waals surface area contributed by atoms with Crippen molar-refractivity contribution in [1.29, 1.82) is 0 Å². The van der Waals surface area contributed by atoms with Gasteiger partial charge in [0.05, 0.1) is 5.52 Å². The Morgan fingerprint density at radius 3 is 2.65 bits per heavy atom.